The maximum atomic E-state index is 5.52. The average Bonchev–Trinajstić information content (AvgIpc) is 3.42. The molecule has 3 heterocycles. The van der Waals surface area contributed by atoms with Crippen molar-refractivity contribution in [1.82, 2.24) is 34.5 Å². The van der Waals surface area contributed by atoms with E-state index in [0.717, 1.165) is 11.3 Å². The number of para-hydroxylation sites is 2. The normalized spacial score (nSPS) is 10.9. The third-order valence-electron chi connectivity index (χ3n) is 4.18. The molecule has 142 valence electrons. The summed E-state index contributed by atoms with van der Waals surface area (Å²) >= 11 is 0. The smallest absolute Gasteiger partial charge is 0.163 e. The van der Waals surface area contributed by atoms with E-state index in [0.29, 0.717) is 36.2 Å². The average molecular weight is 377 g/mol. The second-order valence-electron chi connectivity index (χ2n) is 5.95. The number of nitrogens with zero attached hydrogens (tertiary/aromatic N) is 7. The van der Waals surface area contributed by atoms with Gasteiger partial charge >= 0.3 is 0 Å². The Morgan fingerprint density at radius 3 is 2.64 bits per heavy atom. The fourth-order valence-electron chi connectivity index (χ4n) is 2.83. The summed E-state index contributed by atoms with van der Waals surface area (Å²) in [5.74, 6) is 2.77. The topological polar surface area (TPSA) is 92.8 Å². The van der Waals surface area contributed by atoms with E-state index in [4.69, 9.17) is 14.5 Å². The third-order valence-corrected chi connectivity index (χ3v) is 4.18. The van der Waals surface area contributed by atoms with Gasteiger partial charge in [-0.05, 0) is 24.3 Å². The SMILES string of the molecule is COCCc1nc(-c2ccnc(-n3cnnc3)c2)n(-c2ccccc2OC)n1. The molecule has 0 radical (unpaired) electrons. The number of aromatic nitrogens is 7. The van der Waals surface area contributed by atoms with Gasteiger partial charge in [0, 0.05) is 25.3 Å². The highest BCUT2D eigenvalue weighted by molar-refractivity contribution is 5.61. The van der Waals surface area contributed by atoms with Gasteiger partial charge in [-0.2, -0.15) is 5.10 Å². The first kappa shape index (κ1) is 17.8. The van der Waals surface area contributed by atoms with Crippen LogP contribution in [-0.2, 0) is 11.2 Å². The van der Waals surface area contributed by atoms with Gasteiger partial charge in [0.1, 0.15) is 29.9 Å². The number of hydrogen-bond donors (Lipinski definition) is 0. The molecular weight excluding hydrogens is 358 g/mol. The van der Waals surface area contributed by atoms with Gasteiger partial charge in [0.2, 0.25) is 0 Å². The van der Waals surface area contributed by atoms with Crippen LogP contribution in [0, 0.1) is 0 Å². The zero-order chi connectivity index (χ0) is 19.3. The minimum atomic E-state index is 0.539. The zero-order valence-electron chi connectivity index (χ0n) is 15.6. The highest BCUT2D eigenvalue weighted by Gasteiger charge is 2.17. The van der Waals surface area contributed by atoms with Crippen LogP contribution in [0.4, 0.5) is 0 Å². The molecule has 0 aliphatic rings. The van der Waals surface area contributed by atoms with Gasteiger partial charge in [-0.15, -0.1) is 10.2 Å². The molecule has 0 saturated carbocycles. The fourth-order valence-corrected chi connectivity index (χ4v) is 2.83. The molecule has 0 amide bonds. The number of methoxy groups -OCH3 is 2. The van der Waals surface area contributed by atoms with Gasteiger partial charge in [0.25, 0.3) is 0 Å². The lowest BCUT2D eigenvalue weighted by Gasteiger charge is -2.11. The summed E-state index contributed by atoms with van der Waals surface area (Å²) in [6.45, 7) is 0.539. The van der Waals surface area contributed by atoms with Gasteiger partial charge < -0.3 is 9.47 Å². The Morgan fingerprint density at radius 2 is 1.86 bits per heavy atom. The van der Waals surface area contributed by atoms with Crippen molar-refractivity contribution in [2.75, 3.05) is 20.8 Å². The number of rotatable bonds is 7. The number of benzene rings is 1. The first-order valence-corrected chi connectivity index (χ1v) is 8.70. The summed E-state index contributed by atoms with van der Waals surface area (Å²) in [5.41, 5.74) is 1.67. The van der Waals surface area contributed by atoms with E-state index in [2.05, 4.69) is 20.3 Å². The quantitative estimate of drug-likeness (QED) is 0.487. The van der Waals surface area contributed by atoms with E-state index in [1.54, 1.807) is 42.3 Å². The molecule has 0 unspecified atom stereocenters. The maximum absolute atomic E-state index is 5.52. The second-order valence-corrected chi connectivity index (χ2v) is 5.95. The van der Waals surface area contributed by atoms with Gasteiger partial charge in [-0.3, -0.25) is 4.57 Å². The molecule has 0 spiro atoms. The summed E-state index contributed by atoms with van der Waals surface area (Å²) in [7, 11) is 3.30. The van der Waals surface area contributed by atoms with Crippen LogP contribution in [0.2, 0.25) is 0 Å². The van der Waals surface area contributed by atoms with E-state index in [-0.39, 0.29) is 0 Å². The van der Waals surface area contributed by atoms with Crippen molar-refractivity contribution in [2.45, 2.75) is 6.42 Å². The van der Waals surface area contributed by atoms with E-state index in [1.165, 1.54) is 0 Å². The molecular formula is C19H19N7O2. The number of hydrogen-bond acceptors (Lipinski definition) is 7. The van der Waals surface area contributed by atoms with Gasteiger partial charge in [-0.25, -0.2) is 14.6 Å². The largest absolute Gasteiger partial charge is 0.494 e. The van der Waals surface area contributed by atoms with Crippen molar-refractivity contribution in [3.05, 3.63) is 61.1 Å². The Hall–Kier alpha value is -3.59. The van der Waals surface area contributed by atoms with E-state index in [9.17, 15) is 0 Å². The summed E-state index contributed by atoms with van der Waals surface area (Å²) in [6.07, 6.45) is 5.53. The van der Waals surface area contributed by atoms with E-state index in [1.807, 2.05) is 36.4 Å². The molecule has 0 aliphatic carbocycles. The molecule has 0 N–H and O–H groups in total. The van der Waals surface area contributed by atoms with Gasteiger partial charge in [-0.1, -0.05) is 12.1 Å². The Kier molecular flexibility index (Phi) is 5.07. The van der Waals surface area contributed by atoms with Crippen LogP contribution in [0.5, 0.6) is 5.75 Å². The Balaban J connectivity index is 1.84. The Bertz CT molecular complexity index is 1060. The predicted molar refractivity (Wildman–Crippen MR) is 102 cm³/mol. The van der Waals surface area contributed by atoms with Crippen LogP contribution in [0.25, 0.3) is 22.9 Å². The molecule has 1 aromatic carbocycles. The first-order valence-electron chi connectivity index (χ1n) is 8.70. The standard InChI is InChI=1S/C19H19N7O2/c1-27-10-8-17-23-19(26(24-17)15-5-3-4-6-16(15)28-2)14-7-9-20-18(11-14)25-12-21-22-13-25/h3-7,9,11-13H,8,10H2,1-2H3. The van der Waals surface area contributed by atoms with Crippen molar-refractivity contribution in [3.63, 3.8) is 0 Å². The molecule has 0 atom stereocenters. The highest BCUT2D eigenvalue weighted by Crippen LogP contribution is 2.28. The highest BCUT2D eigenvalue weighted by atomic mass is 16.5. The maximum Gasteiger partial charge on any atom is 0.163 e. The molecule has 0 aliphatic heterocycles. The molecule has 0 fully saturated rings. The molecule has 9 heteroatoms. The van der Waals surface area contributed by atoms with Crippen LogP contribution in [0.1, 0.15) is 5.82 Å². The van der Waals surface area contributed by atoms with Crippen molar-refractivity contribution in [2.24, 2.45) is 0 Å². The van der Waals surface area contributed by atoms with Crippen LogP contribution in [0.15, 0.2) is 55.2 Å². The molecule has 4 rings (SSSR count). The predicted octanol–water partition coefficient (Wildman–Crippen LogP) is 2.11. The van der Waals surface area contributed by atoms with E-state index < -0.39 is 0 Å². The summed E-state index contributed by atoms with van der Waals surface area (Å²) < 4.78 is 14.2. The van der Waals surface area contributed by atoms with Crippen LogP contribution in [-0.4, -0.2) is 55.3 Å². The van der Waals surface area contributed by atoms with E-state index >= 15 is 0 Å². The number of ether oxygens (including phenoxy) is 2. The Labute approximate surface area is 161 Å². The van der Waals surface area contributed by atoms with Crippen LogP contribution in [0.3, 0.4) is 0 Å². The molecule has 3 aromatic heterocycles. The summed E-state index contributed by atoms with van der Waals surface area (Å²) in [6, 6.07) is 11.5. The van der Waals surface area contributed by atoms with Crippen molar-refractivity contribution in [1.29, 1.82) is 0 Å². The van der Waals surface area contributed by atoms with Gasteiger partial charge in [0.15, 0.2) is 11.6 Å². The van der Waals surface area contributed by atoms with Crippen molar-refractivity contribution >= 4 is 0 Å². The van der Waals surface area contributed by atoms with Crippen molar-refractivity contribution in [3.8, 4) is 28.6 Å². The minimum absolute atomic E-state index is 0.539. The second kappa shape index (κ2) is 7.97. The lowest BCUT2D eigenvalue weighted by atomic mass is 10.2. The fraction of sp³-hybridized carbons (Fsp3) is 0.211. The Morgan fingerprint density at radius 1 is 1.04 bits per heavy atom. The first-order chi connectivity index (χ1) is 13.8. The lowest BCUT2D eigenvalue weighted by molar-refractivity contribution is 0.200. The van der Waals surface area contributed by atoms with Crippen LogP contribution < -0.4 is 4.74 Å². The number of pyridine rings is 1. The van der Waals surface area contributed by atoms with Crippen LogP contribution >= 0.6 is 0 Å². The molecule has 28 heavy (non-hydrogen) atoms. The monoisotopic (exact) mass is 377 g/mol. The molecule has 4 aromatic rings. The van der Waals surface area contributed by atoms with Gasteiger partial charge in [0.05, 0.1) is 13.7 Å². The third kappa shape index (κ3) is 3.47. The molecule has 9 nitrogen and oxygen atoms in total. The van der Waals surface area contributed by atoms with Crippen molar-refractivity contribution < 1.29 is 9.47 Å². The minimum Gasteiger partial charge on any atom is -0.494 e. The summed E-state index contributed by atoms with van der Waals surface area (Å²) in [4.78, 5) is 9.12. The molecule has 0 bridgehead atoms. The zero-order valence-corrected chi connectivity index (χ0v) is 15.6. The summed E-state index contributed by atoms with van der Waals surface area (Å²) in [5, 5.41) is 12.4. The molecule has 0 saturated heterocycles. The lowest BCUT2D eigenvalue weighted by Crippen LogP contribution is -2.03.